The molecule has 1 amide bonds. The van der Waals surface area contributed by atoms with Crippen LogP contribution in [0.4, 0.5) is 4.39 Å². The Bertz CT molecular complexity index is 711. The third-order valence-electron chi connectivity index (χ3n) is 3.87. The van der Waals surface area contributed by atoms with Crippen molar-refractivity contribution in [3.63, 3.8) is 0 Å². The van der Waals surface area contributed by atoms with Crippen LogP contribution in [0, 0.1) is 5.82 Å². The van der Waals surface area contributed by atoms with Crippen LogP contribution in [0.5, 0.6) is 5.75 Å². The summed E-state index contributed by atoms with van der Waals surface area (Å²) < 4.78 is 19.0. The number of amides is 1. The van der Waals surface area contributed by atoms with Crippen LogP contribution < -0.4 is 10.1 Å². The predicted molar refractivity (Wildman–Crippen MR) is 106 cm³/mol. The summed E-state index contributed by atoms with van der Waals surface area (Å²) in [5.41, 5.74) is 2.00. The molecule has 0 spiro atoms. The highest BCUT2D eigenvalue weighted by Gasteiger charge is 2.13. The van der Waals surface area contributed by atoms with E-state index in [-0.39, 0.29) is 23.7 Å². The minimum Gasteiger partial charge on any atom is -0.484 e. The Kier molecular flexibility index (Phi) is 7.51. The highest BCUT2D eigenvalue weighted by Crippen LogP contribution is 2.24. The zero-order valence-electron chi connectivity index (χ0n) is 15.5. The summed E-state index contributed by atoms with van der Waals surface area (Å²) >= 11 is 1.59. The second-order valence-corrected chi connectivity index (χ2v) is 8.16. The topological polar surface area (TPSA) is 38.3 Å². The van der Waals surface area contributed by atoms with Gasteiger partial charge in [0, 0.05) is 18.1 Å². The number of hydrogen-bond acceptors (Lipinski definition) is 3. The van der Waals surface area contributed by atoms with Crippen molar-refractivity contribution in [1.82, 2.24) is 5.32 Å². The molecule has 0 unspecified atom stereocenters. The minimum absolute atomic E-state index is 0.00710. The van der Waals surface area contributed by atoms with Gasteiger partial charge in [-0.15, -0.1) is 0 Å². The van der Waals surface area contributed by atoms with Crippen molar-refractivity contribution in [3.05, 3.63) is 65.5 Å². The van der Waals surface area contributed by atoms with Gasteiger partial charge in [0.1, 0.15) is 11.6 Å². The van der Waals surface area contributed by atoms with E-state index in [0.717, 1.165) is 5.75 Å². The molecule has 2 rings (SSSR count). The van der Waals surface area contributed by atoms with Gasteiger partial charge in [-0.25, -0.2) is 4.39 Å². The average molecular weight is 376 g/mol. The first-order valence-corrected chi connectivity index (χ1v) is 9.83. The van der Waals surface area contributed by atoms with Crippen LogP contribution in [-0.2, 0) is 16.0 Å². The second kappa shape index (κ2) is 9.62. The normalized spacial score (nSPS) is 11.2. The van der Waals surface area contributed by atoms with Crippen molar-refractivity contribution in [3.8, 4) is 5.75 Å². The van der Waals surface area contributed by atoms with Gasteiger partial charge in [0.05, 0.1) is 0 Å². The molecule has 26 heavy (non-hydrogen) atoms. The lowest BCUT2D eigenvalue weighted by atomic mass is 9.87. The fraction of sp³-hybridized carbons (Fsp3) is 0.381. The van der Waals surface area contributed by atoms with Gasteiger partial charge in [0.2, 0.25) is 0 Å². The van der Waals surface area contributed by atoms with Crippen LogP contribution in [0.15, 0.2) is 48.5 Å². The molecule has 3 nitrogen and oxygen atoms in total. The summed E-state index contributed by atoms with van der Waals surface area (Å²) in [5, 5.41) is 2.81. The number of rotatable bonds is 8. The molecule has 0 saturated carbocycles. The summed E-state index contributed by atoms with van der Waals surface area (Å²) in [5.74, 6) is 1.66. The summed E-state index contributed by atoms with van der Waals surface area (Å²) in [6, 6.07) is 14.6. The molecule has 0 atom stereocenters. The van der Waals surface area contributed by atoms with E-state index in [1.807, 2.05) is 30.3 Å². The lowest BCUT2D eigenvalue weighted by Crippen LogP contribution is -2.30. The Morgan fingerprint density at radius 3 is 2.46 bits per heavy atom. The van der Waals surface area contributed by atoms with Crippen molar-refractivity contribution in [2.24, 2.45) is 0 Å². The molecule has 2 aromatic rings. The molecule has 0 heterocycles. The van der Waals surface area contributed by atoms with Gasteiger partial charge in [0.15, 0.2) is 6.61 Å². The summed E-state index contributed by atoms with van der Waals surface area (Å²) in [6.45, 7) is 6.98. The lowest BCUT2D eigenvalue weighted by Gasteiger charge is -2.19. The molecule has 0 aliphatic rings. The number of halogens is 1. The van der Waals surface area contributed by atoms with Gasteiger partial charge in [-0.3, -0.25) is 4.79 Å². The van der Waals surface area contributed by atoms with Gasteiger partial charge >= 0.3 is 0 Å². The highest BCUT2D eigenvalue weighted by molar-refractivity contribution is 7.98. The maximum Gasteiger partial charge on any atom is 0.257 e. The minimum atomic E-state index is -0.185. The molecule has 0 aromatic heterocycles. The third-order valence-corrected chi connectivity index (χ3v) is 4.88. The lowest BCUT2D eigenvalue weighted by molar-refractivity contribution is -0.122. The monoisotopic (exact) mass is 375 g/mol. The number of carbonyl (C=O) groups excluding carboxylic acids is 1. The molecule has 0 aliphatic carbocycles. The van der Waals surface area contributed by atoms with Gasteiger partial charge in [-0.1, -0.05) is 51.1 Å². The largest absolute Gasteiger partial charge is 0.484 e. The number of carbonyl (C=O) groups is 1. The first-order valence-electron chi connectivity index (χ1n) is 8.67. The number of nitrogens with one attached hydrogen (secondary N) is 1. The van der Waals surface area contributed by atoms with Crippen LogP contribution in [0.2, 0.25) is 0 Å². The molecule has 0 fully saturated rings. The molecule has 5 heteroatoms. The number of thioether (sulfide) groups is 1. The van der Waals surface area contributed by atoms with E-state index in [0.29, 0.717) is 23.6 Å². The van der Waals surface area contributed by atoms with Crippen molar-refractivity contribution < 1.29 is 13.9 Å². The van der Waals surface area contributed by atoms with Gasteiger partial charge in [-0.05, 0) is 34.7 Å². The maximum atomic E-state index is 13.5. The third kappa shape index (κ3) is 6.71. The zero-order chi connectivity index (χ0) is 19.0. The van der Waals surface area contributed by atoms with E-state index in [1.54, 1.807) is 23.9 Å². The highest BCUT2D eigenvalue weighted by atomic mass is 32.2. The Labute approximate surface area is 159 Å². The first kappa shape index (κ1) is 20.3. The van der Waals surface area contributed by atoms with Crippen molar-refractivity contribution >= 4 is 17.7 Å². The Morgan fingerprint density at radius 1 is 1.12 bits per heavy atom. The first-order chi connectivity index (χ1) is 12.4. The smallest absolute Gasteiger partial charge is 0.257 e. The van der Waals surface area contributed by atoms with E-state index in [9.17, 15) is 9.18 Å². The Balaban J connectivity index is 1.62. The number of ether oxygens (including phenoxy) is 1. The summed E-state index contributed by atoms with van der Waals surface area (Å²) in [6.07, 6.45) is 0. The van der Waals surface area contributed by atoms with Crippen LogP contribution in [0.1, 0.15) is 31.9 Å². The summed E-state index contributed by atoms with van der Waals surface area (Å²) in [7, 11) is 0. The van der Waals surface area contributed by atoms with Crippen LogP contribution in [-0.4, -0.2) is 24.8 Å². The van der Waals surface area contributed by atoms with E-state index in [1.165, 1.54) is 11.6 Å². The van der Waals surface area contributed by atoms with Crippen molar-refractivity contribution in [2.75, 3.05) is 18.9 Å². The second-order valence-electron chi connectivity index (χ2n) is 7.06. The molecule has 0 radical (unpaired) electrons. The van der Waals surface area contributed by atoms with Crippen LogP contribution >= 0.6 is 11.8 Å². The number of hydrogen-bond donors (Lipinski definition) is 1. The predicted octanol–water partition coefficient (Wildman–Crippen LogP) is 4.55. The zero-order valence-corrected chi connectivity index (χ0v) is 16.4. The molecule has 2 aromatic carbocycles. The molecule has 0 aliphatic heterocycles. The fourth-order valence-electron chi connectivity index (χ4n) is 2.31. The molecule has 0 saturated heterocycles. The van der Waals surface area contributed by atoms with Crippen LogP contribution in [0.25, 0.3) is 0 Å². The quantitative estimate of drug-likeness (QED) is 0.688. The molecule has 140 valence electrons. The van der Waals surface area contributed by atoms with Gasteiger partial charge in [-0.2, -0.15) is 11.8 Å². The van der Waals surface area contributed by atoms with Crippen molar-refractivity contribution in [2.45, 2.75) is 31.9 Å². The van der Waals surface area contributed by atoms with E-state index >= 15 is 0 Å². The van der Waals surface area contributed by atoms with E-state index in [4.69, 9.17) is 4.74 Å². The van der Waals surface area contributed by atoms with Gasteiger partial charge < -0.3 is 10.1 Å². The maximum absolute atomic E-state index is 13.5. The Morgan fingerprint density at radius 2 is 1.81 bits per heavy atom. The van der Waals surface area contributed by atoms with E-state index in [2.05, 4.69) is 26.1 Å². The van der Waals surface area contributed by atoms with E-state index < -0.39 is 0 Å². The fourth-order valence-corrected chi connectivity index (χ4v) is 3.16. The SMILES string of the molecule is CC(C)(C)c1ccc(OCC(=O)NCCSCc2ccccc2F)cc1. The van der Waals surface area contributed by atoms with Gasteiger partial charge in [0.25, 0.3) is 5.91 Å². The standard InChI is InChI=1S/C21H26FNO2S/c1-21(2,3)17-8-10-18(11-9-17)25-14-20(24)23-12-13-26-15-16-6-4-5-7-19(16)22/h4-11H,12-15H2,1-3H3,(H,23,24). The molecular formula is C21H26FNO2S. The Hall–Kier alpha value is -2.01. The average Bonchev–Trinajstić information content (AvgIpc) is 2.61. The molecular weight excluding hydrogens is 349 g/mol. The summed E-state index contributed by atoms with van der Waals surface area (Å²) in [4.78, 5) is 11.8. The molecule has 0 bridgehead atoms. The number of benzene rings is 2. The van der Waals surface area contributed by atoms with Crippen LogP contribution in [0.3, 0.4) is 0 Å². The van der Waals surface area contributed by atoms with Crippen molar-refractivity contribution in [1.29, 1.82) is 0 Å². The molecule has 1 N–H and O–H groups in total.